The fourth-order valence-electron chi connectivity index (χ4n) is 8.11. The molecule has 5 atom stereocenters. The fraction of sp³-hybridized carbons (Fsp3) is 0.580. The summed E-state index contributed by atoms with van der Waals surface area (Å²) in [5.74, 6) is 1.42. The minimum atomic E-state index is -4.55. The zero-order valence-electron chi connectivity index (χ0n) is 39.0. The maximum Gasteiger partial charge on any atom is 0.459 e. The van der Waals surface area contributed by atoms with Crippen molar-refractivity contribution in [1.29, 1.82) is 0 Å². The molecule has 2 aromatic heterocycles. The summed E-state index contributed by atoms with van der Waals surface area (Å²) in [4.78, 5) is 38.8. The summed E-state index contributed by atoms with van der Waals surface area (Å²) >= 11 is 0. The number of nitrogens with two attached hydrogens (primary N) is 1. The molecule has 1 aliphatic heterocycles. The first-order valence-corrected chi connectivity index (χ1v) is 25.5. The molecule has 0 saturated carbocycles. The number of nitrogen functional groups attached to an aromatic ring is 1. The lowest BCUT2D eigenvalue weighted by Crippen LogP contribution is -2.46. The molecule has 2 aromatic carbocycles. The van der Waals surface area contributed by atoms with Crippen molar-refractivity contribution in [3.05, 3.63) is 78.6 Å². The van der Waals surface area contributed by atoms with Gasteiger partial charge in [-0.05, 0) is 44.4 Å². The SMILES string of the molecule is C#C[C@]1(COP(=O)(N[C@@H](Cc2ccccc2)C(=O)OC(C)C)Oc2ccccc2)O[C@@H](n2cnc3c(N)nc(F)nc32)C[C@@H]1OC(=O)CCCCCCCCCCCCCCCCCCC. The summed E-state index contributed by atoms with van der Waals surface area (Å²) in [6, 6.07) is 16.2. The molecule has 0 spiro atoms. The van der Waals surface area contributed by atoms with Gasteiger partial charge in [0.15, 0.2) is 22.6 Å². The highest BCUT2D eigenvalue weighted by Crippen LogP contribution is 2.49. The number of hydrogen-bond donors (Lipinski definition) is 2. The van der Waals surface area contributed by atoms with Gasteiger partial charge in [-0.15, -0.1) is 6.42 Å². The number of anilines is 1. The lowest BCUT2D eigenvalue weighted by atomic mass is 9.98. The normalized spacial score (nSPS) is 18.5. The van der Waals surface area contributed by atoms with E-state index in [1.54, 1.807) is 44.2 Å². The van der Waals surface area contributed by atoms with Crippen LogP contribution in [0, 0.1) is 18.4 Å². The van der Waals surface area contributed by atoms with Crippen LogP contribution in [0.4, 0.5) is 10.2 Å². The molecule has 66 heavy (non-hydrogen) atoms. The minimum Gasteiger partial charge on any atom is -0.462 e. The summed E-state index contributed by atoms with van der Waals surface area (Å²) in [5, 5.41) is 2.82. The fourth-order valence-corrected chi connectivity index (χ4v) is 9.63. The van der Waals surface area contributed by atoms with Gasteiger partial charge >= 0.3 is 25.8 Å². The van der Waals surface area contributed by atoms with E-state index in [0.717, 1.165) is 24.8 Å². The Morgan fingerprint density at radius 3 is 2.06 bits per heavy atom. The lowest BCUT2D eigenvalue weighted by molar-refractivity contribution is -0.158. The molecule has 1 fully saturated rings. The second kappa shape index (κ2) is 27.1. The molecule has 4 aromatic rings. The number of unbranched alkanes of at least 4 members (excludes halogenated alkanes) is 16. The number of nitrogens with zero attached hydrogens (tertiary/aromatic N) is 4. The largest absolute Gasteiger partial charge is 0.462 e. The second-order valence-electron chi connectivity index (χ2n) is 17.5. The number of ether oxygens (including phenoxy) is 3. The molecule has 1 aliphatic rings. The molecule has 0 aliphatic carbocycles. The maximum atomic E-state index is 15.0. The van der Waals surface area contributed by atoms with E-state index in [4.69, 9.17) is 35.4 Å². The van der Waals surface area contributed by atoms with Gasteiger partial charge in [-0.1, -0.05) is 164 Å². The summed E-state index contributed by atoms with van der Waals surface area (Å²) in [6.45, 7) is 5.04. The predicted molar refractivity (Wildman–Crippen MR) is 254 cm³/mol. The zero-order valence-corrected chi connectivity index (χ0v) is 39.9. The van der Waals surface area contributed by atoms with Crippen LogP contribution in [0.2, 0.25) is 0 Å². The zero-order chi connectivity index (χ0) is 47.2. The highest BCUT2D eigenvalue weighted by atomic mass is 31.2. The summed E-state index contributed by atoms with van der Waals surface area (Å²) in [5.41, 5.74) is 5.00. The van der Waals surface area contributed by atoms with Crippen LogP contribution in [-0.4, -0.2) is 61.9 Å². The van der Waals surface area contributed by atoms with Gasteiger partial charge < -0.3 is 24.5 Å². The number of esters is 2. The highest BCUT2D eigenvalue weighted by molar-refractivity contribution is 7.52. The quantitative estimate of drug-likeness (QED) is 0.0160. The number of terminal acetylenes is 1. The van der Waals surface area contributed by atoms with Gasteiger partial charge in [0.05, 0.1) is 12.4 Å². The Morgan fingerprint density at radius 1 is 0.909 bits per heavy atom. The number of fused-ring (bicyclic) bond motifs is 1. The van der Waals surface area contributed by atoms with Crippen LogP contribution < -0.4 is 15.3 Å². The van der Waals surface area contributed by atoms with Gasteiger partial charge in [0.2, 0.25) is 0 Å². The standard InChI is InChI=1S/C50H70FN6O8P/c1-5-7-8-9-10-11-12-13-14-15-16-17-18-19-20-21-28-33-44(58)63-42-35-43(57-37-53-45-46(52)54-49(51)55-47(45)57)64-50(42,6-2)36-61-66(60,65-40-31-26-23-27-32-40)56-41(48(59)62-38(3)4)34-39-29-24-22-25-30-39/h2,22-27,29-32,37-38,41-43H,5,7-21,28,33-36H2,1,3-4H3,(H,56,60)(H2,52,54,55)/t41-,42-,43+,50+,66?/m0/s1. The average Bonchev–Trinajstić information content (AvgIpc) is 3.88. The number of carbonyl (C=O) groups excluding carboxylic acids is 2. The Kier molecular flexibility index (Phi) is 21.4. The van der Waals surface area contributed by atoms with Gasteiger partial charge in [-0.25, -0.2) is 9.55 Å². The molecule has 0 bridgehead atoms. The van der Waals surface area contributed by atoms with Crippen LogP contribution in [0.1, 0.15) is 155 Å². The number of halogens is 1. The summed E-state index contributed by atoms with van der Waals surface area (Å²) in [6.07, 6.45) is 24.8. The minimum absolute atomic E-state index is 0.0273. The van der Waals surface area contributed by atoms with Crippen LogP contribution >= 0.6 is 7.75 Å². The maximum absolute atomic E-state index is 15.0. The third kappa shape index (κ3) is 16.5. The molecule has 3 N–H and O–H groups in total. The number of aromatic nitrogens is 4. The lowest BCUT2D eigenvalue weighted by Gasteiger charge is -2.31. The van der Waals surface area contributed by atoms with Gasteiger partial charge in [0.1, 0.15) is 30.7 Å². The van der Waals surface area contributed by atoms with Crippen molar-refractivity contribution in [3.8, 4) is 18.1 Å². The molecule has 0 radical (unpaired) electrons. The number of nitrogens with one attached hydrogen (secondary N) is 1. The van der Waals surface area contributed by atoms with Crippen molar-refractivity contribution in [1.82, 2.24) is 24.6 Å². The van der Waals surface area contributed by atoms with E-state index in [9.17, 15) is 18.5 Å². The van der Waals surface area contributed by atoms with Crippen molar-refractivity contribution >= 4 is 36.7 Å². The smallest absolute Gasteiger partial charge is 0.459 e. The highest BCUT2D eigenvalue weighted by Gasteiger charge is 2.53. The molecule has 1 saturated heterocycles. The first-order valence-electron chi connectivity index (χ1n) is 24.0. The van der Waals surface area contributed by atoms with Crippen molar-refractivity contribution in [3.63, 3.8) is 0 Å². The monoisotopic (exact) mass is 932 g/mol. The third-order valence-electron chi connectivity index (χ3n) is 11.7. The number of hydrogen-bond acceptors (Lipinski definition) is 12. The Hall–Kier alpha value is -4.87. The molecule has 1 unspecified atom stereocenters. The van der Waals surface area contributed by atoms with E-state index in [-0.39, 0.29) is 42.0 Å². The van der Waals surface area contributed by atoms with Gasteiger partial charge in [-0.3, -0.25) is 18.7 Å². The number of para-hydroxylation sites is 1. The summed E-state index contributed by atoms with van der Waals surface area (Å²) in [7, 11) is -4.55. The number of rotatable bonds is 31. The first-order chi connectivity index (χ1) is 31.9. The molecule has 3 heterocycles. The molecule has 14 nitrogen and oxygen atoms in total. The second-order valence-corrected chi connectivity index (χ2v) is 19.2. The Labute approximate surface area is 390 Å². The number of benzene rings is 2. The molecular formula is C50H70FN6O8P. The van der Waals surface area contributed by atoms with Gasteiger partial charge in [0, 0.05) is 12.8 Å². The van der Waals surface area contributed by atoms with Crippen LogP contribution in [0.3, 0.4) is 0 Å². The van der Waals surface area contributed by atoms with E-state index >= 15 is 0 Å². The van der Waals surface area contributed by atoms with Gasteiger partial charge in [0.25, 0.3) is 0 Å². The van der Waals surface area contributed by atoms with E-state index in [0.29, 0.717) is 6.42 Å². The molecule has 360 valence electrons. The Bertz CT molecular complexity index is 2170. The van der Waals surface area contributed by atoms with Gasteiger partial charge in [-0.2, -0.15) is 19.4 Å². The van der Waals surface area contributed by atoms with E-state index in [1.807, 2.05) is 30.3 Å². The molecule has 5 rings (SSSR count). The van der Waals surface area contributed by atoms with Crippen molar-refractivity contribution in [2.75, 3.05) is 12.3 Å². The average molecular weight is 933 g/mol. The van der Waals surface area contributed by atoms with E-state index in [1.165, 1.54) is 94.4 Å². The topological polar surface area (TPSA) is 179 Å². The van der Waals surface area contributed by atoms with E-state index in [2.05, 4.69) is 32.9 Å². The number of imidazole rings is 1. The third-order valence-corrected chi connectivity index (χ3v) is 13.2. The molecule has 16 heteroatoms. The summed E-state index contributed by atoms with van der Waals surface area (Å²) < 4.78 is 61.2. The van der Waals surface area contributed by atoms with Crippen LogP contribution in [0.15, 0.2) is 67.0 Å². The number of carbonyl (C=O) groups is 2. The molecular weight excluding hydrogens is 863 g/mol. The molecule has 0 amide bonds. The predicted octanol–water partition coefficient (Wildman–Crippen LogP) is 11.1. The van der Waals surface area contributed by atoms with Crippen molar-refractivity contribution < 1.29 is 41.8 Å². The van der Waals surface area contributed by atoms with Crippen LogP contribution in [0.25, 0.3) is 11.2 Å². The van der Waals surface area contributed by atoms with Crippen LogP contribution in [0.5, 0.6) is 5.75 Å². The van der Waals surface area contributed by atoms with Crippen LogP contribution in [-0.2, 0) is 39.3 Å². The Morgan fingerprint density at radius 2 is 1.48 bits per heavy atom. The van der Waals surface area contributed by atoms with Crippen molar-refractivity contribution in [2.24, 2.45) is 0 Å². The Balaban J connectivity index is 1.24. The first kappa shape index (κ1) is 52.1. The van der Waals surface area contributed by atoms with E-state index < -0.39 is 62.4 Å². The van der Waals surface area contributed by atoms with Crippen molar-refractivity contribution in [2.45, 2.75) is 179 Å².